The molecule has 0 spiro atoms. The molecule has 0 aliphatic carbocycles. The van der Waals surface area contributed by atoms with Gasteiger partial charge in [0.15, 0.2) is 6.10 Å². The SMILES string of the molecule is O=C(CN(Cc1cccc2ccccc12)C(=O)OCc1ccccc1)NCC1CC(Cl)=NO1. The zero-order valence-electron chi connectivity index (χ0n) is 17.9. The summed E-state index contributed by atoms with van der Waals surface area (Å²) in [7, 11) is 0. The molecule has 170 valence electrons. The molecule has 2 amide bonds. The maximum atomic E-state index is 13.0. The van der Waals surface area contributed by atoms with E-state index in [-0.39, 0.29) is 38.3 Å². The lowest BCUT2D eigenvalue weighted by Gasteiger charge is -2.23. The number of benzene rings is 3. The first-order valence-electron chi connectivity index (χ1n) is 10.7. The van der Waals surface area contributed by atoms with Crippen LogP contribution in [0.2, 0.25) is 0 Å². The molecule has 4 rings (SSSR count). The number of rotatable bonds is 8. The van der Waals surface area contributed by atoms with E-state index in [1.54, 1.807) is 0 Å². The Bertz CT molecular complexity index is 1150. The van der Waals surface area contributed by atoms with E-state index >= 15 is 0 Å². The predicted octanol–water partition coefficient (Wildman–Crippen LogP) is 4.44. The highest BCUT2D eigenvalue weighted by molar-refractivity contribution is 6.65. The van der Waals surface area contributed by atoms with Gasteiger partial charge < -0.3 is 14.9 Å². The van der Waals surface area contributed by atoms with Crippen molar-refractivity contribution in [3.63, 3.8) is 0 Å². The number of carbonyl (C=O) groups is 2. The lowest BCUT2D eigenvalue weighted by Crippen LogP contribution is -2.42. The Balaban J connectivity index is 1.44. The van der Waals surface area contributed by atoms with Gasteiger partial charge in [0.1, 0.15) is 18.3 Å². The Morgan fingerprint density at radius 3 is 2.61 bits per heavy atom. The van der Waals surface area contributed by atoms with E-state index in [4.69, 9.17) is 21.2 Å². The van der Waals surface area contributed by atoms with Gasteiger partial charge in [0.2, 0.25) is 5.91 Å². The highest BCUT2D eigenvalue weighted by atomic mass is 35.5. The molecular formula is C25H24ClN3O4. The fraction of sp³-hybridized carbons (Fsp3) is 0.240. The van der Waals surface area contributed by atoms with E-state index in [1.165, 1.54) is 4.90 Å². The number of carbonyl (C=O) groups excluding carboxylic acids is 2. The fourth-order valence-corrected chi connectivity index (χ4v) is 3.80. The first kappa shape index (κ1) is 22.6. The number of nitrogens with one attached hydrogen (secondary N) is 1. The van der Waals surface area contributed by atoms with Gasteiger partial charge in [-0.1, -0.05) is 89.6 Å². The molecule has 1 unspecified atom stereocenters. The van der Waals surface area contributed by atoms with Crippen LogP contribution in [0.3, 0.4) is 0 Å². The minimum Gasteiger partial charge on any atom is -0.445 e. The normalized spacial score (nSPS) is 14.9. The summed E-state index contributed by atoms with van der Waals surface area (Å²) in [6, 6.07) is 23.2. The van der Waals surface area contributed by atoms with Crippen LogP contribution in [0.25, 0.3) is 10.8 Å². The van der Waals surface area contributed by atoms with Crippen LogP contribution in [-0.2, 0) is 27.5 Å². The van der Waals surface area contributed by atoms with Crippen LogP contribution in [0.1, 0.15) is 17.5 Å². The Hall–Kier alpha value is -3.58. The third-order valence-corrected chi connectivity index (χ3v) is 5.49. The quantitative estimate of drug-likeness (QED) is 0.533. The Morgan fingerprint density at radius 1 is 1.06 bits per heavy atom. The van der Waals surface area contributed by atoms with E-state index in [1.807, 2.05) is 72.8 Å². The molecule has 0 saturated carbocycles. The van der Waals surface area contributed by atoms with Crippen molar-refractivity contribution >= 4 is 39.5 Å². The van der Waals surface area contributed by atoms with Crippen molar-refractivity contribution in [1.82, 2.24) is 10.2 Å². The van der Waals surface area contributed by atoms with Gasteiger partial charge in [-0.2, -0.15) is 0 Å². The maximum Gasteiger partial charge on any atom is 0.410 e. The monoisotopic (exact) mass is 465 g/mol. The van der Waals surface area contributed by atoms with Crippen molar-refractivity contribution < 1.29 is 19.2 Å². The smallest absolute Gasteiger partial charge is 0.410 e. The largest absolute Gasteiger partial charge is 0.445 e. The van der Waals surface area contributed by atoms with Gasteiger partial charge in [0.05, 0.1) is 13.1 Å². The highest BCUT2D eigenvalue weighted by Crippen LogP contribution is 2.20. The first-order valence-corrected chi connectivity index (χ1v) is 11.0. The number of amides is 2. The third-order valence-electron chi connectivity index (χ3n) is 5.26. The summed E-state index contributed by atoms with van der Waals surface area (Å²) in [5, 5.41) is 8.91. The van der Waals surface area contributed by atoms with Crippen molar-refractivity contribution in [2.45, 2.75) is 25.7 Å². The van der Waals surface area contributed by atoms with Crippen molar-refractivity contribution in [3.8, 4) is 0 Å². The Kier molecular flexibility index (Phi) is 7.42. The van der Waals surface area contributed by atoms with Gasteiger partial charge in [0.25, 0.3) is 0 Å². The number of nitrogens with zero attached hydrogens (tertiary/aromatic N) is 2. The topological polar surface area (TPSA) is 80.2 Å². The predicted molar refractivity (Wildman–Crippen MR) is 127 cm³/mol. The molecule has 0 fully saturated rings. The number of hydrogen-bond acceptors (Lipinski definition) is 5. The zero-order chi connectivity index (χ0) is 23.0. The van der Waals surface area contributed by atoms with Gasteiger partial charge in [-0.05, 0) is 21.9 Å². The summed E-state index contributed by atoms with van der Waals surface area (Å²) >= 11 is 5.81. The van der Waals surface area contributed by atoms with Gasteiger partial charge in [-0.25, -0.2) is 4.79 Å². The highest BCUT2D eigenvalue weighted by Gasteiger charge is 2.23. The maximum absolute atomic E-state index is 13.0. The Labute approximate surface area is 196 Å². The van der Waals surface area contributed by atoms with Crippen molar-refractivity contribution in [3.05, 3.63) is 83.9 Å². The van der Waals surface area contributed by atoms with Crippen LogP contribution in [0.4, 0.5) is 4.79 Å². The molecule has 0 radical (unpaired) electrons. The second-order valence-electron chi connectivity index (χ2n) is 7.74. The van der Waals surface area contributed by atoms with Crippen molar-refractivity contribution in [2.24, 2.45) is 5.16 Å². The number of oxime groups is 1. The van der Waals surface area contributed by atoms with Crippen LogP contribution in [-0.4, -0.2) is 41.3 Å². The first-order chi connectivity index (χ1) is 16.1. The summed E-state index contributed by atoms with van der Waals surface area (Å²) < 4.78 is 5.51. The van der Waals surface area contributed by atoms with E-state index in [2.05, 4.69) is 10.5 Å². The average Bonchev–Trinajstić information content (AvgIpc) is 3.26. The summed E-state index contributed by atoms with van der Waals surface area (Å²) in [5.74, 6) is -0.321. The van der Waals surface area contributed by atoms with Crippen LogP contribution in [0, 0.1) is 0 Å². The number of ether oxygens (including phenoxy) is 1. The molecule has 0 bridgehead atoms. The lowest BCUT2D eigenvalue weighted by atomic mass is 10.0. The van der Waals surface area contributed by atoms with Gasteiger partial charge in [0, 0.05) is 6.42 Å². The third kappa shape index (κ3) is 6.23. The number of hydrogen-bond donors (Lipinski definition) is 1. The minimum absolute atomic E-state index is 0.124. The zero-order valence-corrected chi connectivity index (χ0v) is 18.7. The van der Waals surface area contributed by atoms with Crippen molar-refractivity contribution in [1.29, 1.82) is 0 Å². The molecule has 0 aromatic heterocycles. The Morgan fingerprint density at radius 2 is 1.82 bits per heavy atom. The van der Waals surface area contributed by atoms with Crippen LogP contribution >= 0.6 is 11.6 Å². The van der Waals surface area contributed by atoms with E-state index in [0.717, 1.165) is 21.9 Å². The molecular weight excluding hydrogens is 442 g/mol. The summed E-state index contributed by atoms with van der Waals surface area (Å²) in [6.45, 7) is 0.453. The second kappa shape index (κ2) is 10.8. The average molecular weight is 466 g/mol. The molecule has 3 aromatic rings. The molecule has 1 N–H and O–H groups in total. The standard InChI is InChI=1S/C25H24ClN3O4/c26-23-13-21(33-28-23)14-27-24(30)16-29(25(31)32-17-18-7-2-1-3-8-18)15-20-11-6-10-19-9-4-5-12-22(19)20/h1-12,21H,13-17H2,(H,27,30). The van der Waals surface area contributed by atoms with Gasteiger partial charge in [-0.15, -0.1) is 0 Å². The molecule has 1 aliphatic rings. The summed E-state index contributed by atoms with van der Waals surface area (Å²) in [4.78, 5) is 32.1. The van der Waals surface area contributed by atoms with E-state index in [0.29, 0.717) is 11.6 Å². The van der Waals surface area contributed by atoms with Crippen LogP contribution < -0.4 is 5.32 Å². The number of halogens is 1. The van der Waals surface area contributed by atoms with E-state index in [9.17, 15) is 9.59 Å². The molecule has 8 heteroatoms. The minimum atomic E-state index is -0.564. The molecule has 33 heavy (non-hydrogen) atoms. The molecule has 1 atom stereocenters. The molecule has 0 saturated heterocycles. The van der Waals surface area contributed by atoms with Crippen molar-refractivity contribution in [2.75, 3.05) is 13.1 Å². The molecule has 1 heterocycles. The summed E-state index contributed by atoms with van der Waals surface area (Å²) in [5.41, 5.74) is 1.80. The molecule has 7 nitrogen and oxygen atoms in total. The fourth-order valence-electron chi connectivity index (χ4n) is 3.59. The van der Waals surface area contributed by atoms with Crippen LogP contribution in [0.15, 0.2) is 78.0 Å². The van der Waals surface area contributed by atoms with Crippen LogP contribution in [0.5, 0.6) is 0 Å². The number of fused-ring (bicyclic) bond motifs is 1. The lowest BCUT2D eigenvalue weighted by molar-refractivity contribution is -0.122. The molecule has 1 aliphatic heterocycles. The van der Waals surface area contributed by atoms with Gasteiger partial charge >= 0.3 is 6.09 Å². The second-order valence-corrected chi connectivity index (χ2v) is 8.17. The summed E-state index contributed by atoms with van der Waals surface area (Å²) in [6.07, 6.45) is -0.427. The van der Waals surface area contributed by atoms with Gasteiger partial charge in [-0.3, -0.25) is 9.69 Å². The van der Waals surface area contributed by atoms with E-state index < -0.39 is 6.09 Å². The molecule has 3 aromatic carbocycles.